The van der Waals surface area contributed by atoms with Crippen LogP contribution in [0.1, 0.15) is 65.0 Å². The van der Waals surface area contributed by atoms with E-state index in [1.807, 2.05) is 50.2 Å². The summed E-state index contributed by atoms with van der Waals surface area (Å²) in [6, 6.07) is 18.8. The highest BCUT2D eigenvalue weighted by molar-refractivity contribution is 6.06. The Labute approximate surface area is 230 Å². The van der Waals surface area contributed by atoms with Crippen molar-refractivity contribution in [2.75, 3.05) is 19.6 Å². The van der Waals surface area contributed by atoms with Gasteiger partial charge >= 0.3 is 0 Å². The molecule has 1 aliphatic carbocycles. The van der Waals surface area contributed by atoms with Gasteiger partial charge in [0.15, 0.2) is 0 Å². The number of nitrogens with one attached hydrogen (secondary N) is 1. The summed E-state index contributed by atoms with van der Waals surface area (Å²) < 4.78 is 5.28. The molecule has 3 heterocycles. The van der Waals surface area contributed by atoms with Crippen LogP contribution < -0.4 is 5.32 Å². The fraction of sp³-hybridized carbons (Fsp3) is 0.424. The predicted octanol–water partition coefficient (Wildman–Crippen LogP) is 6.29. The van der Waals surface area contributed by atoms with Gasteiger partial charge in [0.2, 0.25) is 0 Å². The van der Waals surface area contributed by atoms with Crippen LogP contribution in [0.3, 0.4) is 0 Å². The third-order valence-electron chi connectivity index (χ3n) is 8.68. The van der Waals surface area contributed by atoms with Gasteiger partial charge < -0.3 is 14.7 Å². The third kappa shape index (κ3) is 5.91. The quantitative estimate of drug-likeness (QED) is 0.322. The van der Waals surface area contributed by atoms with Crippen LogP contribution in [0.25, 0.3) is 22.2 Å². The van der Waals surface area contributed by atoms with Gasteiger partial charge in [0.25, 0.3) is 5.91 Å². The van der Waals surface area contributed by atoms with Crippen molar-refractivity contribution >= 4 is 16.8 Å². The molecule has 1 aliphatic heterocycles. The van der Waals surface area contributed by atoms with Gasteiger partial charge in [-0.1, -0.05) is 29.4 Å². The van der Waals surface area contributed by atoms with Crippen LogP contribution in [0, 0.1) is 19.8 Å². The van der Waals surface area contributed by atoms with Crippen LogP contribution in [0.4, 0.5) is 0 Å². The number of aryl methyl sites for hydroxylation is 2. The lowest BCUT2D eigenvalue weighted by molar-refractivity contribution is 0.0921. The first-order valence-corrected chi connectivity index (χ1v) is 14.5. The average molecular weight is 523 g/mol. The number of hydrogen-bond donors (Lipinski definition) is 1. The zero-order valence-corrected chi connectivity index (χ0v) is 23.1. The van der Waals surface area contributed by atoms with Crippen LogP contribution in [0.15, 0.2) is 59.1 Å². The molecule has 6 heteroatoms. The Balaban J connectivity index is 0.974. The minimum absolute atomic E-state index is 0.0284. The van der Waals surface area contributed by atoms with E-state index < -0.39 is 0 Å². The van der Waals surface area contributed by atoms with E-state index in [-0.39, 0.29) is 11.9 Å². The minimum atomic E-state index is 0.0284. The summed E-state index contributed by atoms with van der Waals surface area (Å²) in [5.74, 6) is 1.62. The second-order valence-electron chi connectivity index (χ2n) is 11.5. The molecular weight excluding hydrogens is 484 g/mol. The average Bonchev–Trinajstić information content (AvgIpc) is 3.28. The maximum atomic E-state index is 13.1. The van der Waals surface area contributed by atoms with Crippen LogP contribution in [-0.4, -0.2) is 46.6 Å². The Bertz CT molecular complexity index is 1470. The first-order valence-electron chi connectivity index (χ1n) is 14.5. The molecule has 0 unspecified atom stereocenters. The van der Waals surface area contributed by atoms with Gasteiger partial charge in [-0.15, -0.1) is 0 Å². The Morgan fingerprint density at radius 3 is 2.59 bits per heavy atom. The van der Waals surface area contributed by atoms with Gasteiger partial charge in [-0.05, 0) is 107 Å². The molecule has 0 saturated heterocycles. The summed E-state index contributed by atoms with van der Waals surface area (Å²) >= 11 is 0. The predicted molar refractivity (Wildman–Crippen MR) is 155 cm³/mol. The maximum absolute atomic E-state index is 13.1. The molecule has 2 aromatic heterocycles. The van der Waals surface area contributed by atoms with Gasteiger partial charge in [0, 0.05) is 47.4 Å². The minimum Gasteiger partial charge on any atom is -0.361 e. The van der Waals surface area contributed by atoms with Gasteiger partial charge in [-0.25, -0.2) is 0 Å². The van der Waals surface area contributed by atoms with E-state index in [2.05, 4.69) is 38.6 Å². The summed E-state index contributed by atoms with van der Waals surface area (Å²) in [6.07, 6.45) is 7.94. The summed E-state index contributed by atoms with van der Waals surface area (Å²) in [5, 5.41) is 8.44. The Kier molecular flexibility index (Phi) is 7.47. The van der Waals surface area contributed by atoms with E-state index >= 15 is 0 Å². The molecule has 1 N–H and O–H groups in total. The van der Waals surface area contributed by atoms with Crippen LogP contribution in [0.2, 0.25) is 0 Å². The molecule has 6 nitrogen and oxygen atoms in total. The van der Waals surface area contributed by atoms with Crippen molar-refractivity contribution in [1.82, 2.24) is 20.4 Å². The zero-order chi connectivity index (χ0) is 26.8. The molecule has 0 radical (unpaired) electrons. The van der Waals surface area contributed by atoms with Crippen molar-refractivity contribution in [3.05, 3.63) is 82.7 Å². The van der Waals surface area contributed by atoms with E-state index in [0.717, 1.165) is 90.4 Å². The number of carbonyl (C=O) groups is 1. The second-order valence-corrected chi connectivity index (χ2v) is 11.5. The molecule has 1 saturated carbocycles. The number of pyridine rings is 1. The second kappa shape index (κ2) is 11.3. The first kappa shape index (κ1) is 25.8. The summed E-state index contributed by atoms with van der Waals surface area (Å²) in [6.45, 7) is 7.31. The molecule has 2 aromatic carbocycles. The number of aromatic nitrogens is 2. The maximum Gasteiger partial charge on any atom is 0.252 e. The zero-order valence-electron chi connectivity index (χ0n) is 23.1. The van der Waals surface area contributed by atoms with Crippen molar-refractivity contribution < 1.29 is 9.32 Å². The number of carbonyl (C=O) groups excluding carboxylic acids is 1. The third-order valence-corrected chi connectivity index (χ3v) is 8.68. The lowest BCUT2D eigenvalue weighted by Crippen LogP contribution is -2.38. The van der Waals surface area contributed by atoms with E-state index in [0.29, 0.717) is 0 Å². The monoisotopic (exact) mass is 522 g/mol. The van der Waals surface area contributed by atoms with Crippen LogP contribution >= 0.6 is 0 Å². The Morgan fingerprint density at radius 1 is 0.974 bits per heavy atom. The highest BCUT2D eigenvalue weighted by Gasteiger charge is 2.24. The number of benzene rings is 2. The Hall–Kier alpha value is -3.51. The molecule has 6 rings (SSSR count). The number of amides is 1. The lowest BCUT2D eigenvalue weighted by Gasteiger charge is -2.31. The van der Waals surface area contributed by atoms with Crippen molar-refractivity contribution in [1.29, 1.82) is 0 Å². The summed E-state index contributed by atoms with van der Waals surface area (Å²) in [4.78, 5) is 20.3. The molecule has 2 aliphatic rings. The fourth-order valence-electron chi connectivity index (χ4n) is 6.34. The van der Waals surface area contributed by atoms with Crippen molar-refractivity contribution in [3.8, 4) is 11.3 Å². The summed E-state index contributed by atoms with van der Waals surface area (Å²) in [5.41, 5.74) is 7.57. The van der Waals surface area contributed by atoms with E-state index in [4.69, 9.17) is 4.52 Å². The number of rotatable bonds is 6. The summed E-state index contributed by atoms with van der Waals surface area (Å²) in [7, 11) is 0. The smallest absolute Gasteiger partial charge is 0.252 e. The van der Waals surface area contributed by atoms with Crippen molar-refractivity contribution in [2.45, 2.75) is 64.8 Å². The number of nitrogens with zero attached hydrogens (tertiary/aromatic N) is 3. The molecule has 0 bridgehead atoms. The molecule has 0 spiro atoms. The van der Waals surface area contributed by atoms with E-state index in [1.54, 1.807) is 0 Å². The van der Waals surface area contributed by atoms with E-state index in [9.17, 15) is 4.79 Å². The lowest BCUT2D eigenvalue weighted by atomic mass is 9.84. The largest absolute Gasteiger partial charge is 0.361 e. The molecular formula is C33H38N4O2. The standard InChI is InChI=1S/C33H38N4O2/c1-22-6-13-29-30(4-3-5-31(29)34-22)33(38)35-28-11-7-24(8-12-28)14-17-37-18-15-25-9-10-27(21-26(25)16-19-37)32-20-23(2)39-36-32/h3-6,9-10,13,20-21,24,28H,7-8,11-12,14-19H2,1-2H3,(H,35,38). The van der Waals surface area contributed by atoms with Crippen molar-refractivity contribution in [2.24, 2.45) is 5.92 Å². The normalized spacial score (nSPS) is 19.9. The highest BCUT2D eigenvalue weighted by atomic mass is 16.5. The SMILES string of the molecule is Cc1ccc2c(C(=O)NC3CCC(CCN4CCc5ccc(-c6cc(C)on6)cc5CC4)CC3)cccc2n1. The molecule has 1 amide bonds. The number of hydrogen-bond acceptors (Lipinski definition) is 5. The molecule has 39 heavy (non-hydrogen) atoms. The topological polar surface area (TPSA) is 71.3 Å². The van der Waals surface area contributed by atoms with Gasteiger partial charge in [0.1, 0.15) is 11.5 Å². The highest BCUT2D eigenvalue weighted by Crippen LogP contribution is 2.29. The van der Waals surface area contributed by atoms with Gasteiger partial charge in [-0.2, -0.15) is 0 Å². The van der Waals surface area contributed by atoms with Crippen LogP contribution in [0.5, 0.6) is 0 Å². The molecule has 4 aromatic rings. The molecule has 0 atom stereocenters. The van der Waals surface area contributed by atoms with Gasteiger partial charge in [0.05, 0.1) is 5.52 Å². The Morgan fingerprint density at radius 2 is 1.79 bits per heavy atom. The van der Waals surface area contributed by atoms with Crippen molar-refractivity contribution in [3.63, 3.8) is 0 Å². The molecule has 202 valence electrons. The molecule has 1 fully saturated rings. The van der Waals surface area contributed by atoms with Crippen LogP contribution in [-0.2, 0) is 12.8 Å². The van der Waals surface area contributed by atoms with E-state index in [1.165, 1.54) is 30.4 Å². The van der Waals surface area contributed by atoms with Gasteiger partial charge in [-0.3, -0.25) is 9.78 Å². The first-order chi connectivity index (χ1) is 19.0. The number of fused-ring (bicyclic) bond motifs is 2. The fourth-order valence-corrected chi connectivity index (χ4v) is 6.34.